The highest BCUT2D eigenvalue weighted by Crippen LogP contribution is 2.61. The number of amides is 1. The van der Waals surface area contributed by atoms with Crippen molar-refractivity contribution < 1.29 is 9.53 Å². The Morgan fingerprint density at radius 2 is 1.59 bits per heavy atom. The zero-order valence-corrected chi connectivity index (χ0v) is 18.0. The fourth-order valence-electron chi connectivity index (χ4n) is 7.57. The molecule has 0 saturated heterocycles. The lowest BCUT2D eigenvalue weighted by molar-refractivity contribution is -0.127. The van der Waals surface area contributed by atoms with Gasteiger partial charge in [0.25, 0.3) is 5.91 Å². The molecule has 0 spiro atoms. The highest BCUT2D eigenvalue weighted by atomic mass is 16.5. The van der Waals surface area contributed by atoms with Gasteiger partial charge in [-0.1, -0.05) is 31.4 Å². The lowest BCUT2D eigenvalue weighted by Crippen LogP contribution is -2.56. The van der Waals surface area contributed by atoms with E-state index in [0.29, 0.717) is 11.3 Å². The van der Waals surface area contributed by atoms with Gasteiger partial charge in [0.05, 0.1) is 0 Å². The Morgan fingerprint density at radius 3 is 2.17 bits per heavy atom. The highest BCUT2D eigenvalue weighted by molar-refractivity contribution is 5.77. The standard InChI is InChI=1S/C26H37NO2/c1-18(26-14-19-11-20(15-26)13-21(12-19)16-26)27-25(28)17-29-24-9-7-23(8-10-24)22-5-3-2-4-6-22/h7-10,18-22H,2-6,11-17H2,1H3,(H,27,28)/t18-,19?,20?,21?,26?/m0/s1. The Hall–Kier alpha value is -1.51. The molecule has 1 amide bonds. The Labute approximate surface area is 176 Å². The number of hydrogen-bond acceptors (Lipinski definition) is 2. The molecule has 5 aliphatic rings. The van der Waals surface area contributed by atoms with E-state index in [1.807, 2.05) is 12.1 Å². The van der Waals surface area contributed by atoms with Crippen molar-refractivity contribution in [2.24, 2.45) is 23.2 Å². The van der Waals surface area contributed by atoms with Crippen LogP contribution in [0.25, 0.3) is 0 Å². The normalized spacial score (nSPS) is 34.7. The Morgan fingerprint density at radius 1 is 1.00 bits per heavy atom. The van der Waals surface area contributed by atoms with E-state index in [2.05, 4.69) is 24.4 Å². The van der Waals surface area contributed by atoms with Crippen LogP contribution in [0.5, 0.6) is 5.75 Å². The van der Waals surface area contributed by atoms with Crippen molar-refractivity contribution >= 4 is 5.91 Å². The van der Waals surface area contributed by atoms with Crippen LogP contribution in [-0.4, -0.2) is 18.6 Å². The van der Waals surface area contributed by atoms with E-state index in [1.165, 1.54) is 76.2 Å². The van der Waals surface area contributed by atoms with Crippen LogP contribution in [0.15, 0.2) is 24.3 Å². The van der Waals surface area contributed by atoms with Crippen molar-refractivity contribution in [1.29, 1.82) is 0 Å². The van der Waals surface area contributed by atoms with Crippen LogP contribution in [0, 0.1) is 23.2 Å². The second-order valence-electron chi connectivity index (χ2n) is 10.8. The molecule has 5 fully saturated rings. The van der Waals surface area contributed by atoms with Crippen molar-refractivity contribution in [3.63, 3.8) is 0 Å². The number of carbonyl (C=O) groups excluding carboxylic acids is 1. The Kier molecular flexibility index (Phi) is 5.34. The molecule has 4 bridgehead atoms. The maximum absolute atomic E-state index is 12.6. The average molecular weight is 396 g/mol. The van der Waals surface area contributed by atoms with Crippen molar-refractivity contribution in [1.82, 2.24) is 5.32 Å². The Balaban J connectivity index is 1.12. The number of benzene rings is 1. The van der Waals surface area contributed by atoms with Gasteiger partial charge in [-0.15, -0.1) is 0 Å². The molecule has 3 nitrogen and oxygen atoms in total. The fraction of sp³-hybridized carbons (Fsp3) is 0.731. The van der Waals surface area contributed by atoms with E-state index in [1.54, 1.807) is 0 Å². The molecule has 0 radical (unpaired) electrons. The van der Waals surface area contributed by atoms with Crippen molar-refractivity contribution in [3.8, 4) is 5.75 Å². The molecule has 6 rings (SSSR count). The van der Waals surface area contributed by atoms with Crippen LogP contribution in [0.4, 0.5) is 0 Å². The molecular formula is C26H37NO2. The lowest BCUT2D eigenvalue weighted by Gasteiger charge is -2.59. The first kappa shape index (κ1) is 19.5. The minimum absolute atomic E-state index is 0.0320. The summed E-state index contributed by atoms with van der Waals surface area (Å²) < 4.78 is 5.82. The summed E-state index contributed by atoms with van der Waals surface area (Å²) in [5.41, 5.74) is 1.78. The average Bonchev–Trinajstić information content (AvgIpc) is 2.72. The van der Waals surface area contributed by atoms with Gasteiger partial charge < -0.3 is 10.1 Å². The van der Waals surface area contributed by atoms with Gasteiger partial charge in [-0.25, -0.2) is 0 Å². The molecule has 1 aromatic carbocycles. The molecule has 5 saturated carbocycles. The van der Waals surface area contributed by atoms with Crippen LogP contribution in [0.1, 0.15) is 89.0 Å². The molecule has 1 N–H and O–H groups in total. The third-order valence-corrected chi connectivity index (χ3v) is 8.71. The second-order valence-corrected chi connectivity index (χ2v) is 10.8. The third-order valence-electron chi connectivity index (χ3n) is 8.71. The van der Waals surface area contributed by atoms with E-state index in [4.69, 9.17) is 4.74 Å². The highest BCUT2D eigenvalue weighted by Gasteiger charge is 2.53. The van der Waals surface area contributed by atoms with Gasteiger partial charge in [0.15, 0.2) is 6.61 Å². The van der Waals surface area contributed by atoms with Gasteiger partial charge in [-0.05, 0) is 105 Å². The summed E-state index contributed by atoms with van der Waals surface area (Å²) in [4.78, 5) is 12.6. The van der Waals surface area contributed by atoms with Crippen LogP contribution in [0.3, 0.4) is 0 Å². The molecule has 29 heavy (non-hydrogen) atoms. The maximum Gasteiger partial charge on any atom is 0.258 e. The van der Waals surface area contributed by atoms with E-state index in [0.717, 1.165) is 23.5 Å². The van der Waals surface area contributed by atoms with Crippen LogP contribution < -0.4 is 10.1 Å². The molecule has 5 aliphatic carbocycles. The molecule has 0 aromatic heterocycles. The number of carbonyl (C=O) groups is 1. The van der Waals surface area contributed by atoms with E-state index >= 15 is 0 Å². The number of nitrogens with one attached hydrogen (secondary N) is 1. The molecule has 0 aliphatic heterocycles. The summed E-state index contributed by atoms with van der Waals surface area (Å²) in [5.74, 6) is 4.30. The predicted molar refractivity (Wildman–Crippen MR) is 116 cm³/mol. The second kappa shape index (κ2) is 7.96. The first-order valence-corrected chi connectivity index (χ1v) is 12.1. The van der Waals surface area contributed by atoms with E-state index < -0.39 is 0 Å². The van der Waals surface area contributed by atoms with Crippen molar-refractivity contribution in [2.75, 3.05) is 6.61 Å². The molecule has 1 atom stereocenters. The molecule has 158 valence electrons. The number of hydrogen-bond donors (Lipinski definition) is 1. The molecule has 1 aromatic rings. The summed E-state index contributed by atoms with van der Waals surface area (Å²) in [5, 5.41) is 3.31. The van der Waals surface area contributed by atoms with Gasteiger partial charge in [0, 0.05) is 6.04 Å². The zero-order valence-electron chi connectivity index (χ0n) is 18.0. The van der Waals surface area contributed by atoms with Crippen LogP contribution in [-0.2, 0) is 4.79 Å². The van der Waals surface area contributed by atoms with Gasteiger partial charge in [-0.3, -0.25) is 4.79 Å². The summed E-state index contributed by atoms with van der Waals surface area (Å²) in [6, 6.07) is 8.74. The van der Waals surface area contributed by atoms with E-state index in [9.17, 15) is 4.79 Å². The summed E-state index contributed by atoms with van der Waals surface area (Å²) in [7, 11) is 0. The maximum atomic E-state index is 12.6. The van der Waals surface area contributed by atoms with Crippen molar-refractivity contribution in [3.05, 3.63) is 29.8 Å². The first-order chi connectivity index (χ1) is 14.1. The third kappa shape index (κ3) is 4.07. The summed E-state index contributed by atoms with van der Waals surface area (Å²) in [6.07, 6.45) is 15.0. The van der Waals surface area contributed by atoms with Gasteiger partial charge in [-0.2, -0.15) is 0 Å². The molecular weight excluding hydrogens is 358 g/mol. The summed E-state index contributed by atoms with van der Waals surface area (Å²) >= 11 is 0. The SMILES string of the molecule is C[C@H](NC(=O)COc1ccc(C2CCCCC2)cc1)C12CC3CC(CC(C3)C1)C2. The van der Waals surface area contributed by atoms with Crippen molar-refractivity contribution in [2.45, 2.75) is 89.5 Å². The minimum atomic E-state index is 0.0320. The summed E-state index contributed by atoms with van der Waals surface area (Å²) in [6.45, 7) is 2.36. The zero-order chi connectivity index (χ0) is 19.8. The van der Waals surface area contributed by atoms with Gasteiger partial charge in [0.1, 0.15) is 5.75 Å². The first-order valence-electron chi connectivity index (χ1n) is 12.1. The largest absolute Gasteiger partial charge is 0.484 e. The predicted octanol–water partition coefficient (Wildman–Crippen LogP) is 5.83. The Bertz CT molecular complexity index is 683. The molecule has 0 heterocycles. The molecule has 0 unspecified atom stereocenters. The van der Waals surface area contributed by atoms with Crippen LogP contribution in [0.2, 0.25) is 0 Å². The monoisotopic (exact) mass is 395 g/mol. The minimum Gasteiger partial charge on any atom is -0.484 e. The topological polar surface area (TPSA) is 38.3 Å². The lowest BCUT2D eigenvalue weighted by atomic mass is 9.48. The smallest absolute Gasteiger partial charge is 0.258 e. The quantitative estimate of drug-likeness (QED) is 0.658. The van der Waals surface area contributed by atoms with Crippen LogP contribution >= 0.6 is 0 Å². The number of ether oxygens (including phenoxy) is 1. The fourth-order valence-corrected chi connectivity index (χ4v) is 7.57. The van der Waals surface area contributed by atoms with Gasteiger partial charge in [0.2, 0.25) is 0 Å². The van der Waals surface area contributed by atoms with Gasteiger partial charge >= 0.3 is 0 Å². The number of rotatable bonds is 6. The molecule has 3 heteroatoms. The van der Waals surface area contributed by atoms with E-state index in [-0.39, 0.29) is 18.6 Å².